The highest BCUT2D eigenvalue weighted by Gasteiger charge is 2.17. The number of fused-ring (bicyclic) bond motifs is 4. The highest BCUT2D eigenvalue weighted by atomic mass is 14.2. The summed E-state index contributed by atoms with van der Waals surface area (Å²) in [5, 5.41) is 10.4. The summed E-state index contributed by atoms with van der Waals surface area (Å²) in [7, 11) is 0. The fourth-order valence-electron chi connectivity index (χ4n) is 6.67. The third kappa shape index (κ3) is 4.47. The molecule has 7 rings (SSSR count). The number of hydrogen-bond donors (Lipinski definition) is 0. The van der Waals surface area contributed by atoms with Crippen LogP contribution in [0.5, 0.6) is 0 Å². The molecule has 0 spiro atoms. The van der Waals surface area contributed by atoms with Gasteiger partial charge in [0.1, 0.15) is 0 Å². The van der Waals surface area contributed by atoms with E-state index in [2.05, 4.69) is 149 Å². The SMILES string of the molecule is CCC(C)c1ccc2cc(-c3c4ccccc4c(-c4ccc5cc(C(C)CC)ccc5c4)c4ccccc34)ccc2c1. The Bertz CT molecular complexity index is 1890. The molecule has 0 saturated heterocycles. The lowest BCUT2D eigenvalue weighted by Crippen LogP contribution is -1.93. The van der Waals surface area contributed by atoms with Crippen LogP contribution in [0, 0.1) is 0 Å². The molecule has 0 saturated carbocycles. The van der Waals surface area contributed by atoms with E-state index in [-0.39, 0.29) is 0 Å². The molecule has 0 aliphatic rings. The zero-order valence-electron chi connectivity index (χ0n) is 25.1. The van der Waals surface area contributed by atoms with Crippen LogP contribution in [-0.2, 0) is 0 Å². The maximum atomic E-state index is 2.38. The van der Waals surface area contributed by atoms with Crippen LogP contribution < -0.4 is 0 Å². The Balaban J connectivity index is 1.45. The van der Waals surface area contributed by atoms with Crippen LogP contribution >= 0.6 is 0 Å². The van der Waals surface area contributed by atoms with E-state index in [0.717, 1.165) is 12.8 Å². The van der Waals surface area contributed by atoms with Crippen molar-refractivity contribution in [2.75, 3.05) is 0 Å². The molecule has 206 valence electrons. The molecular formula is C42H38. The van der Waals surface area contributed by atoms with Crippen LogP contribution in [0.1, 0.15) is 63.5 Å². The maximum Gasteiger partial charge on any atom is -0.00262 e. The molecule has 2 atom stereocenters. The van der Waals surface area contributed by atoms with Crippen molar-refractivity contribution in [3.05, 3.63) is 132 Å². The van der Waals surface area contributed by atoms with E-state index in [1.54, 1.807) is 0 Å². The summed E-state index contributed by atoms with van der Waals surface area (Å²) >= 11 is 0. The number of benzene rings is 7. The Morgan fingerprint density at radius 3 is 1.10 bits per heavy atom. The summed E-state index contributed by atoms with van der Waals surface area (Å²) in [5.41, 5.74) is 8.02. The van der Waals surface area contributed by atoms with Gasteiger partial charge in [0.2, 0.25) is 0 Å². The summed E-state index contributed by atoms with van der Waals surface area (Å²) in [6, 6.07) is 45.9. The van der Waals surface area contributed by atoms with Gasteiger partial charge in [-0.25, -0.2) is 0 Å². The lowest BCUT2D eigenvalue weighted by molar-refractivity contribution is 0.735. The predicted molar refractivity (Wildman–Crippen MR) is 185 cm³/mol. The Hall–Kier alpha value is -4.42. The molecule has 0 nitrogen and oxygen atoms in total. The maximum absolute atomic E-state index is 2.38. The van der Waals surface area contributed by atoms with Crippen LogP contribution in [0.25, 0.3) is 65.3 Å². The molecule has 0 radical (unpaired) electrons. The number of rotatable bonds is 6. The van der Waals surface area contributed by atoms with E-state index in [9.17, 15) is 0 Å². The highest BCUT2D eigenvalue weighted by molar-refractivity contribution is 6.22. The Morgan fingerprint density at radius 1 is 0.405 bits per heavy atom. The van der Waals surface area contributed by atoms with Crippen molar-refractivity contribution in [2.45, 2.75) is 52.4 Å². The van der Waals surface area contributed by atoms with Crippen molar-refractivity contribution in [3.63, 3.8) is 0 Å². The molecule has 0 aliphatic carbocycles. The monoisotopic (exact) mass is 542 g/mol. The minimum atomic E-state index is 0.576. The summed E-state index contributed by atoms with van der Waals surface area (Å²) in [6.45, 7) is 9.16. The lowest BCUT2D eigenvalue weighted by atomic mass is 9.85. The quantitative estimate of drug-likeness (QED) is 0.183. The summed E-state index contributed by atoms with van der Waals surface area (Å²) in [6.07, 6.45) is 2.31. The Morgan fingerprint density at radius 2 is 0.738 bits per heavy atom. The summed E-state index contributed by atoms with van der Waals surface area (Å²) < 4.78 is 0. The van der Waals surface area contributed by atoms with Crippen LogP contribution in [0.4, 0.5) is 0 Å². The minimum Gasteiger partial charge on any atom is -0.0648 e. The number of hydrogen-bond acceptors (Lipinski definition) is 0. The smallest absolute Gasteiger partial charge is 0.00262 e. The standard InChI is InChI=1S/C42H38/c1-5-27(3)29-15-17-33-25-35(21-19-31(33)23-29)41-37-11-7-9-13-39(37)42(40-14-10-8-12-38(40)41)36-22-20-32-24-30(28(4)6-2)16-18-34(32)26-36/h7-28H,5-6H2,1-4H3. The first-order chi connectivity index (χ1) is 20.6. The second-order valence-corrected chi connectivity index (χ2v) is 12.1. The third-order valence-corrected chi connectivity index (χ3v) is 9.60. The van der Waals surface area contributed by atoms with Crippen molar-refractivity contribution in [3.8, 4) is 22.3 Å². The van der Waals surface area contributed by atoms with Crippen LogP contribution in [0.2, 0.25) is 0 Å². The zero-order chi connectivity index (χ0) is 28.8. The fourth-order valence-corrected chi connectivity index (χ4v) is 6.67. The van der Waals surface area contributed by atoms with Crippen LogP contribution in [0.3, 0.4) is 0 Å². The van der Waals surface area contributed by atoms with E-state index in [4.69, 9.17) is 0 Å². The van der Waals surface area contributed by atoms with Gasteiger partial charge in [-0.1, -0.05) is 137 Å². The second kappa shape index (κ2) is 10.8. The van der Waals surface area contributed by atoms with Gasteiger partial charge in [0, 0.05) is 0 Å². The Labute approximate surface area is 249 Å². The average molecular weight is 543 g/mol. The predicted octanol–water partition coefficient (Wildman–Crippen LogP) is 12.7. The van der Waals surface area contributed by atoms with Gasteiger partial charge in [0.15, 0.2) is 0 Å². The second-order valence-electron chi connectivity index (χ2n) is 12.1. The van der Waals surface area contributed by atoms with Gasteiger partial charge < -0.3 is 0 Å². The van der Waals surface area contributed by atoms with E-state index in [1.807, 2.05) is 0 Å². The van der Waals surface area contributed by atoms with Crippen molar-refractivity contribution < 1.29 is 0 Å². The molecule has 7 aromatic rings. The molecule has 0 fully saturated rings. The zero-order valence-corrected chi connectivity index (χ0v) is 25.1. The summed E-state index contributed by atoms with van der Waals surface area (Å²) in [5.74, 6) is 1.15. The van der Waals surface area contributed by atoms with E-state index in [1.165, 1.54) is 76.5 Å². The molecule has 7 aromatic carbocycles. The van der Waals surface area contributed by atoms with Gasteiger partial charge >= 0.3 is 0 Å². The van der Waals surface area contributed by atoms with E-state index < -0.39 is 0 Å². The van der Waals surface area contributed by atoms with Crippen molar-refractivity contribution in [2.24, 2.45) is 0 Å². The average Bonchev–Trinajstić information content (AvgIpc) is 3.05. The van der Waals surface area contributed by atoms with Gasteiger partial charge in [-0.3, -0.25) is 0 Å². The molecular weight excluding hydrogens is 504 g/mol. The molecule has 2 unspecified atom stereocenters. The molecule has 0 N–H and O–H groups in total. The van der Waals surface area contributed by atoms with Crippen molar-refractivity contribution in [1.29, 1.82) is 0 Å². The Kier molecular flexibility index (Phi) is 6.79. The molecule has 42 heavy (non-hydrogen) atoms. The van der Waals surface area contributed by atoms with Crippen LogP contribution in [0.15, 0.2) is 121 Å². The first-order valence-corrected chi connectivity index (χ1v) is 15.6. The van der Waals surface area contributed by atoms with Gasteiger partial charge in [0.25, 0.3) is 0 Å². The highest BCUT2D eigenvalue weighted by Crippen LogP contribution is 2.44. The molecule has 0 amide bonds. The first-order valence-electron chi connectivity index (χ1n) is 15.6. The minimum absolute atomic E-state index is 0.576. The van der Waals surface area contributed by atoms with E-state index in [0.29, 0.717) is 11.8 Å². The third-order valence-electron chi connectivity index (χ3n) is 9.60. The topological polar surface area (TPSA) is 0 Å². The largest absolute Gasteiger partial charge is 0.0648 e. The van der Waals surface area contributed by atoms with Crippen molar-refractivity contribution in [1.82, 2.24) is 0 Å². The molecule has 0 bridgehead atoms. The first kappa shape index (κ1) is 26.5. The summed E-state index contributed by atoms with van der Waals surface area (Å²) in [4.78, 5) is 0. The van der Waals surface area contributed by atoms with Gasteiger partial charge in [-0.05, 0) is 113 Å². The normalized spacial score (nSPS) is 13.2. The van der Waals surface area contributed by atoms with E-state index >= 15 is 0 Å². The van der Waals surface area contributed by atoms with Gasteiger partial charge in [0.05, 0.1) is 0 Å². The molecule has 0 aromatic heterocycles. The molecule has 0 aliphatic heterocycles. The van der Waals surface area contributed by atoms with Gasteiger partial charge in [-0.15, -0.1) is 0 Å². The van der Waals surface area contributed by atoms with Gasteiger partial charge in [-0.2, -0.15) is 0 Å². The lowest BCUT2D eigenvalue weighted by Gasteiger charge is -2.19. The molecule has 0 heterocycles. The van der Waals surface area contributed by atoms with Crippen LogP contribution in [-0.4, -0.2) is 0 Å². The fraction of sp³-hybridized carbons (Fsp3) is 0.190. The molecule has 0 heteroatoms. The van der Waals surface area contributed by atoms with Crippen molar-refractivity contribution >= 4 is 43.1 Å².